The third kappa shape index (κ3) is 3.22. The number of carbonyl (C=O) groups is 1. The number of hydrogen-bond donors (Lipinski definition) is 1. The van der Waals surface area contributed by atoms with Crippen molar-refractivity contribution in [1.82, 2.24) is 0 Å². The van der Waals surface area contributed by atoms with Crippen molar-refractivity contribution in [3.63, 3.8) is 0 Å². The average molecular weight is 301 g/mol. The molecule has 0 bridgehead atoms. The van der Waals surface area contributed by atoms with Gasteiger partial charge in [-0.3, -0.25) is 0 Å². The molecule has 0 atom stereocenters. The summed E-state index contributed by atoms with van der Waals surface area (Å²) in [4.78, 5) is 10.9. The van der Waals surface area contributed by atoms with Gasteiger partial charge in [0.05, 0.1) is 5.02 Å². The molecule has 6 heteroatoms. The van der Waals surface area contributed by atoms with Crippen LogP contribution in [0.2, 0.25) is 10.0 Å². The van der Waals surface area contributed by atoms with E-state index in [1.165, 1.54) is 6.07 Å². The molecule has 0 aliphatic carbocycles. The lowest BCUT2D eigenvalue weighted by Gasteiger charge is -2.06. The van der Waals surface area contributed by atoms with Crippen LogP contribution in [0.4, 0.5) is 0 Å². The van der Waals surface area contributed by atoms with Gasteiger partial charge in [-0.25, -0.2) is 4.79 Å². The van der Waals surface area contributed by atoms with Gasteiger partial charge in [0.1, 0.15) is 29.4 Å². The molecule has 0 fully saturated rings. The van der Waals surface area contributed by atoms with Gasteiger partial charge in [0.2, 0.25) is 0 Å². The van der Waals surface area contributed by atoms with Gasteiger partial charge in [0, 0.05) is 11.1 Å². The SMILES string of the molecule is Cc1oc(COc2cc(Cl)ccc2Cl)cc1C(=O)O. The van der Waals surface area contributed by atoms with E-state index in [4.69, 9.17) is 37.5 Å². The van der Waals surface area contributed by atoms with Crippen molar-refractivity contribution in [2.45, 2.75) is 13.5 Å². The first-order chi connectivity index (χ1) is 8.97. The number of ether oxygens (including phenoxy) is 1. The number of hydrogen-bond acceptors (Lipinski definition) is 3. The summed E-state index contributed by atoms with van der Waals surface area (Å²) in [5.41, 5.74) is 0.121. The van der Waals surface area contributed by atoms with E-state index in [1.54, 1.807) is 25.1 Å². The first-order valence-corrected chi connectivity index (χ1v) is 6.13. The molecule has 0 saturated carbocycles. The highest BCUT2D eigenvalue weighted by Gasteiger charge is 2.14. The Labute approximate surface area is 119 Å². The number of benzene rings is 1. The number of furan rings is 1. The summed E-state index contributed by atoms with van der Waals surface area (Å²) < 4.78 is 10.7. The third-order valence-electron chi connectivity index (χ3n) is 2.46. The second-order valence-electron chi connectivity index (χ2n) is 3.85. The molecule has 2 aromatic rings. The Balaban J connectivity index is 2.12. The van der Waals surface area contributed by atoms with E-state index in [0.29, 0.717) is 27.3 Å². The summed E-state index contributed by atoms with van der Waals surface area (Å²) in [6.07, 6.45) is 0. The lowest BCUT2D eigenvalue weighted by atomic mass is 10.2. The molecule has 4 nitrogen and oxygen atoms in total. The minimum Gasteiger partial charge on any atom is -0.484 e. The van der Waals surface area contributed by atoms with Gasteiger partial charge < -0.3 is 14.3 Å². The van der Waals surface area contributed by atoms with Crippen molar-refractivity contribution < 1.29 is 19.1 Å². The van der Waals surface area contributed by atoms with Crippen LogP contribution in [-0.4, -0.2) is 11.1 Å². The Hall–Kier alpha value is -1.65. The fourth-order valence-electron chi connectivity index (χ4n) is 1.56. The Morgan fingerprint density at radius 2 is 2.11 bits per heavy atom. The van der Waals surface area contributed by atoms with Crippen LogP contribution >= 0.6 is 23.2 Å². The standard InChI is InChI=1S/C13H10Cl2O4/c1-7-10(13(16)17)5-9(19-7)6-18-12-4-8(14)2-3-11(12)15/h2-5H,6H2,1H3,(H,16,17). The first kappa shape index (κ1) is 13.8. The lowest BCUT2D eigenvalue weighted by Crippen LogP contribution is -1.96. The Morgan fingerprint density at radius 1 is 1.37 bits per heavy atom. The normalized spacial score (nSPS) is 10.5. The summed E-state index contributed by atoms with van der Waals surface area (Å²) >= 11 is 11.8. The largest absolute Gasteiger partial charge is 0.484 e. The van der Waals surface area contributed by atoms with Crippen LogP contribution in [0.1, 0.15) is 21.9 Å². The van der Waals surface area contributed by atoms with Crippen LogP contribution in [0.3, 0.4) is 0 Å². The molecule has 0 radical (unpaired) electrons. The number of carboxylic acid groups (broad SMARTS) is 1. The minimum absolute atomic E-state index is 0.0776. The van der Waals surface area contributed by atoms with Gasteiger partial charge in [-0.05, 0) is 25.1 Å². The Bertz CT molecular complexity index is 619. The molecular weight excluding hydrogens is 291 g/mol. The summed E-state index contributed by atoms with van der Waals surface area (Å²) in [5.74, 6) is 0.127. The predicted octanol–water partition coefficient (Wildman–Crippen LogP) is 4.17. The molecule has 1 heterocycles. The van der Waals surface area contributed by atoms with E-state index in [9.17, 15) is 4.79 Å². The third-order valence-corrected chi connectivity index (χ3v) is 3.01. The van der Waals surface area contributed by atoms with Crippen molar-refractivity contribution in [1.29, 1.82) is 0 Å². The van der Waals surface area contributed by atoms with E-state index in [0.717, 1.165) is 0 Å². The fraction of sp³-hybridized carbons (Fsp3) is 0.154. The van der Waals surface area contributed by atoms with E-state index >= 15 is 0 Å². The molecule has 2 rings (SSSR count). The van der Waals surface area contributed by atoms with Crippen molar-refractivity contribution in [2.24, 2.45) is 0 Å². The van der Waals surface area contributed by atoms with E-state index in [2.05, 4.69) is 0 Å². The average Bonchev–Trinajstić information content (AvgIpc) is 2.72. The van der Waals surface area contributed by atoms with E-state index < -0.39 is 5.97 Å². The monoisotopic (exact) mass is 300 g/mol. The van der Waals surface area contributed by atoms with Gasteiger partial charge in [-0.15, -0.1) is 0 Å². The minimum atomic E-state index is -1.03. The zero-order chi connectivity index (χ0) is 14.0. The Morgan fingerprint density at radius 3 is 2.74 bits per heavy atom. The summed E-state index contributed by atoms with van der Waals surface area (Å²) in [7, 11) is 0. The van der Waals surface area contributed by atoms with Gasteiger partial charge in [0.25, 0.3) is 0 Å². The molecule has 0 saturated heterocycles. The molecular formula is C13H10Cl2O4. The van der Waals surface area contributed by atoms with Gasteiger partial charge in [0.15, 0.2) is 0 Å². The van der Waals surface area contributed by atoms with Crippen molar-refractivity contribution in [2.75, 3.05) is 0 Å². The highest BCUT2D eigenvalue weighted by molar-refractivity contribution is 6.34. The predicted molar refractivity (Wildman–Crippen MR) is 71.2 cm³/mol. The van der Waals surface area contributed by atoms with Crippen LogP contribution < -0.4 is 4.74 Å². The lowest BCUT2D eigenvalue weighted by molar-refractivity contribution is 0.0695. The smallest absolute Gasteiger partial charge is 0.339 e. The van der Waals surface area contributed by atoms with Crippen molar-refractivity contribution >= 4 is 29.2 Å². The van der Waals surface area contributed by atoms with Gasteiger partial charge in [-0.2, -0.15) is 0 Å². The highest BCUT2D eigenvalue weighted by atomic mass is 35.5. The maximum absolute atomic E-state index is 10.9. The fourth-order valence-corrected chi connectivity index (χ4v) is 1.90. The molecule has 100 valence electrons. The first-order valence-electron chi connectivity index (χ1n) is 5.38. The topological polar surface area (TPSA) is 59.7 Å². The zero-order valence-corrected chi connectivity index (χ0v) is 11.5. The van der Waals surface area contributed by atoms with E-state index in [1.807, 2.05) is 0 Å². The van der Waals surface area contributed by atoms with Crippen LogP contribution in [0.15, 0.2) is 28.7 Å². The molecule has 1 N–H and O–H groups in total. The number of carboxylic acids is 1. The number of aromatic carboxylic acids is 1. The zero-order valence-electron chi connectivity index (χ0n) is 9.94. The van der Waals surface area contributed by atoms with Crippen LogP contribution in [0.25, 0.3) is 0 Å². The summed E-state index contributed by atoms with van der Waals surface area (Å²) in [5, 5.41) is 9.83. The molecule has 1 aromatic carbocycles. The van der Waals surface area contributed by atoms with E-state index in [-0.39, 0.29) is 12.2 Å². The summed E-state index contributed by atoms with van der Waals surface area (Å²) in [6.45, 7) is 1.66. The summed E-state index contributed by atoms with van der Waals surface area (Å²) in [6, 6.07) is 6.28. The quantitative estimate of drug-likeness (QED) is 0.920. The second-order valence-corrected chi connectivity index (χ2v) is 4.69. The second kappa shape index (κ2) is 5.55. The molecule has 0 amide bonds. The number of aryl methyl sites for hydroxylation is 1. The number of rotatable bonds is 4. The van der Waals surface area contributed by atoms with Crippen LogP contribution in [0.5, 0.6) is 5.75 Å². The molecule has 0 unspecified atom stereocenters. The molecule has 0 spiro atoms. The van der Waals surface area contributed by atoms with Crippen LogP contribution in [-0.2, 0) is 6.61 Å². The maximum Gasteiger partial charge on any atom is 0.339 e. The number of halogens is 2. The van der Waals surface area contributed by atoms with Gasteiger partial charge >= 0.3 is 5.97 Å². The highest BCUT2D eigenvalue weighted by Crippen LogP contribution is 2.28. The molecule has 19 heavy (non-hydrogen) atoms. The molecule has 0 aliphatic heterocycles. The van der Waals surface area contributed by atoms with Crippen molar-refractivity contribution in [3.8, 4) is 5.75 Å². The Kier molecular flexibility index (Phi) is 4.02. The maximum atomic E-state index is 10.9. The molecule has 0 aliphatic rings. The molecule has 1 aromatic heterocycles. The van der Waals surface area contributed by atoms with Crippen LogP contribution in [0, 0.1) is 6.92 Å². The van der Waals surface area contributed by atoms with Crippen molar-refractivity contribution in [3.05, 3.63) is 51.4 Å². The van der Waals surface area contributed by atoms with Gasteiger partial charge in [-0.1, -0.05) is 23.2 Å².